The molecular formula is C18H14FNO3. The Morgan fingerprint density at radius 3 is 2.61 bits per heavy atom. The van der Waals surface area contributed by atoms with Crippen molar-refractivity contribution >= 4 is 17.9 Å². The molecule has 0 unspecified atom stereocenters. The molecule has 0 atom stereocenters. The molecular weight excluding hydrogens is 297 g/mol. The minimum atomic E-state index is -0.572. The Morgan fingerprint density at radius 1 is 1.17 bits per heavy atom. The molecule has 23 heavy (non-hydrogen) atoms. The van der Waals surface area contributed by atoms with Crippen LogP contribution in [0.15, 0.2) is 59.2 Å². The Labute approximate surface area is 132 Å². The number of carbonyl (C=O) groups excluding carboxylic acids is 1. The lowest BCUT2D eigenvalue weighted by atomic mass is 10.1. The van der Waals surface area contributed by atoms with E-state index in [0.29, 0.717) is 17.9 Å². The first kappa shape index (κ1) is 15.0. The minimum absolute atomic E-state index is 0.0959. The molecule has 1 aliphatic rings. The van der Waals surface area contributed by atoms with Gasteiger partial charge in [-0.15, -0.1) is 0 Å². The zero-order valence-corrected chi connectivity index (χ0v) is 12.5. The van der Waals surface area contributed by atoms with Crippen LogP contribution in [0.3, 0.4) is 0 Å². The van der Waals surface area contributed by atoms with Gasteiger partial charge in [0.15, 0.2) is 5.70 Å². The second-order valence-electron chi connectivity index (χ2n) is 4.97. The van der Waals surface area contributed by atoms with Gasteiger partial charge in [0.2, 0.25) is 5.90 Å². The Morgan fingerprint density at radius 2 is 1.91 bits per heavy atom. The van der Waals surface area contributed by atoms with E-state index in [1.807, 2.05) is 24.3 Å². The van der Waals surface area contributed by atoms with Gasteiger partial charge in [-0.2, -0.15) is 0 Å². The summed E-state index contributed by atoms with van der Waals surface area (Å²) in [6, 6.07) is 13.6. The second kappa shape index (κ2) is 6.44. The van der Waals surface area contributed by atoms with Crippen LogP contribution < -0.4 is 4.74 Å². The highest BCUT2D eigenvalue weighted by atomic mass is 19.1. The fraction of sp³-hybridized carbons (Fsp3) is 0.111. The molecule has 0 fully saturated rings. The number of aliphatic imine (C=N–C) groups is 1. The molecule has 0 saturated heterocycles. The number of cyclic esters (lactones) is 1. The number of carbonyl (C=O) groups is 1. The monoisotopic (exact) mass is 311 g/mol. The average molecular weight is 311 g/mol. The fourth-order valence-corrected chi connectivity index (χ4v) is 2.19. The summed E-state index contributed by atoms with van der Waals surface area (Å²) >= 11 is 0. The third-order valence-corrected chi connectivity index (χ3v) is 3.38. The molecule has 0 amide bonds. The number of esters is 1. The van der Waals surface area contributed by atoms with Crippen LogP contribution in [0.25, 0.3) is 6.08 Å². The number of methoxy groups -OCH3 is 1. The highest BCUT2D eigenvalue weighted by molar-refractivity contribution is 6.07. The predicted octanol–water partition coefficient (Wildman–Crippen LogP) is 3.37. The first-order chi connectivity index (χ1) is 11.2. The Hall–Kier alpha value is -2.95. The average Bonchev–Trinajstić information content (AvgIpc) is 2.90. The molecule has 4 nitrogen and oxygen atoms in total. The predicted molar refractivity (Wildman–Crippen MR) is 84.6 cm³/mol. The number of hydrogen-bond donors (Lipinski definition) is 0. The Kier molecular flexibility index (Phi) is 4.19. The third-order valence-electron chi connectivity index (χ3n) is 3.38. The maximum absolute atomic E-state index is 13.6. The number of benzene rings is 2. The SMILES string of the molecule is COc1ccc(CC2=N/C(=C\c3ccccc3F)C(=O)O2)cc1. The van der Waals surface area contributed by atoms with Crippen LogP contribution in [0.4, 0.5) is 4.39 Å². The summed E-state index contributed by atoms with van der Waals surface area (Å²) in [5.41, 5.74) is 1.33. The van der Waals surface area contributed by atoms with Gasteiger partial charge in [-0.1, -0.05) is 30.3 Å². The largest absolute Gasteiger partial charge is 0.497 e. The van der Waals surface area contributed by atoms with Gasteiger partial charge >= 0.3 is 5.97 Å². The molecule has 5 heteroatoms. The second-order valence-corrected chi connectivity index (χ2v) is 4.97. The van der Waals surface area contributed by atoms with Gasteiger partial charge in [0, 0.05) is 12.0 Å². The van der Waals surface area contributed by atoms with Crippen LogP contribution >= 0.6 is 0 Å². The van der Waals surface area contributed by atoms with Crippen LogP contribution in [0, 0.1) is 5.82 Å². The van der Waals surface area contributed by atoms with E-state index in [4.69, 9.17) is 9.47 Å². The van der Waals surface area contributed by atoms with Gasteiger partial charge in [0.05, 0.1) is 7.11 Å². The zero-order chi connectivity index (χ0) is 16.2. The Bertz CT molecular complexity index is 794. The summed E-state index contributed by atoms with van der Waals surface area (Å²) in [5.74, 6) is 0.0605. The van der Waals surface area contributed by atoms with Crippen LogP contribution in [0.2, 0.25) is 0 Å². The quantitative estimate of drug-likeness (QED) is 0.642. The molecule has 0 N–H and O–H groups in total. The van der Waals surface area contributed by atoms with E-state index in [1.54, 1.807) is 25.3 Å². The number of ether oxygens (including phenoxy) is 2. The van der Waals surface area contributed by atoms with E-state index >= 15 is 0 Å². The molecule has 0 saturated carbocycles. The molecule has 2 aromatic carbocycles. The highest BCUT2D eigenvalue weighted by Gasteiger charge is 2.23. The van der Waals surface area contributed by atoms with Crippen molar-refractivity contribution in [1.29, 1.82) is 0 Å². The molecule has 1 heterocycles. The van der Waals surface area contributed by atoms with Crippen molar-refractivity contribution in [2.24, 2.45) is 4.99 Å². The van der Waals surface area contributed by atoms with E-state index in [2.05, 4.69) is 4.99 Å². The van der Waals surface area contributed by atoms with E-state index in [-0.39, 0.29) is 5.70 Å². The number of halogens is 1. The maximum atomic E-state index is 13.6. The van der Waals surface area contributed by atoms with Crippen molar-refractivity contribution in [2.75, 3.05) is 7.11 Å². The lowest BCUT2D eigenvalue weighted by Crippen LogP contribution is -2.06. The molecule has 0 aromatic heterocycles. The zero-order valence-electron chi connectivity index (χ0n) is 12.5. The Balaban J connectivity index is 1.79. The summed E-state index contributed by atoms with van der Waals surface area (Å²) in [4.78, 5) is 16.0. The maximum Gasteiger partial charge on any atom is 0.363 e. The molecule has 0 bridgehead atoms. The molecule has 116 valence electrons. The van der Waals surface area contributed by atoms with E-state index in [9.17, 15) is 9.18 Å². The summed E-state index contributed by atoms with van der Waals surface area (Å²) in [7, 11) is 1.59. The molecule has 2 aromatic rings. The van der Waals surface area contributed by atoms with Crippen LogP contribution in [0.1, 0.15) is 11.1 Å². The topological polar surface area (TPSA) is 47.9 Å². The van der Waals surface area contributed by atoms with Gasteiger partial charge in [-0.05, 0) is 29.8 Å². The van der Waals surface area contributed by atoms with Gasteiger partial charge < -0.3 is 9.47 Å². The summed E-state index contributed by atoms with van der Waals surface area (Å²) < 4.78 is 23.9. The van der Waals surface area contributed by atoms with Crippen LogP contribution in [-0.4, -0.2) is 19.0 Å². The van der Waals surface area contributed by atoms with Crippen molar-refractivity contribution < 1.29 is 18.7 Å². The number of nitrogens with zero attached hydrogens (tertiary/aromatic N) is 1. The van der Waals surface area contributed by atoms with E-state index in [0.717, 1.165) is 11.3 Å². The van der Waals surface area contributed by atoms with Crippen molar-refractivity contribution in [3.63, 3.8) is 0 Å². The van der Waals surface area contributed by atoms with Crippen LogP contribution in [0.5, 0.6) is 5.75 Å². The van der Waals surface area contributed by atoms with Crippen molar-refractivity contribution in [3.8, 4) is 5.75 Å². The fourth-order valence-electron chi connectivity index (χ4n) is 2.19. The van der Waals surface area contributed by atoms with Gasteiger partial charge in [-0.25, -0.2) is 14.2 Å². The summed E-state index contributed by atoms with van der Waals surface area (Å²) in [5, 5.41) is 0. The normalized spacial score (nSPS) is 15.5. The first-order valence-corrected chi connectivity index (χ1v) is 7.04. The summed E-state index contributed by atoms with van der Waals surface area (Å²) in [6.45, 7) is 0. The first-order valence-electron chi connectivity index (χ1n) is 7.04. The highest BCUT2D eigenvalue weighted by Crippen LogP contribution is 2.20. The van der Waals surface area contributed by atoms with Gasteiger partial charge in [0.1, 0.15) is 11.6 Å². The van der Waals surface area contributed by atoms with Crippen molar-refractivity contribution in [3.05, 3.63) is 71.2 Å². The third kappa shape index (κ3) is 3.45. The molecule has 3 rings (SSSR count). The standard InChI is InChI=1S/C18H14FNO3/c1-22-14-8-6-12(7-9-14)10-17-20-16(18(21)23-17)11-13-4-2-3-5-15(13)19/h2-9,11H,10H2,1H3/b16-11-. The van der Waals surface area contributed by atoms with Crippen molar-refractivity contribution in [2.45, 2.75) is 6.42 Å². The van der Waals surface area contributed by atoms with Gasteiger partial charge in [0.25, 0.3) is 0 Å². The lowest BCUT2D eigenvalue weighted by Gasteiger charge is -2.02. The van der Waals surface area contributed by atoms with Gasteiger partial charge in [-0.3, -0.25) is 0 Å². The molecule has 0 spiro atoms. The van der Waals surface area contributed by atoms with E-state index in [1.165, 1.54) is 12.1 Å². The molecule has 0 aliphatic carbocycles. The molecule has 1 aliphatic heterocycles. The number of hydrogen-bond acceptors (Lipinski definition) is 4. The smallest absolute Gasteiger partial charge is 0.363 e. The molecule has 0 radical (unpaired) electrons. The van der Waals surface area contributed by atoms with E-state index < -0.39 is 11.8 Å². The number of rotatable bonds is 4. The van der Waals surface area contributed by atoms with Crippen LogP contribution in [-0.2, 0) is 16.0 Å². The lowest BCUT2D eigenvalue weighted by molar-refractivity contribution is -0.130. The minimum Gasteiger partial charge on any atom is -0.497 e. The van der Waals surface area contributed by atoms with Crippen molar-refractivity contribution in [1.82, 2.24) is 0 Å². The summed E-state index contributed by atoms with van der Waals surface area (Å²) in [6.07, 6.45) is 1.77.